The summed E-state index contributed by atoms with van der Waals surface area (Å²) in [6.07, 6.45) is -3.48. The van der Waals surface area contributed by atoms with Crippen molar-refractivity contribution in [3.63, 3.8) is 0 Å². The van der Waals surface area contributed by atoms with Crippen molar-refractivity contribution in [2.45, 2.75) is 24.7 Å². The molecular formula is C20H19F3N4O4. The second kappa shape index (κ2) is 7.89. The number of furan rings is 1. The van der Waals surface area contributed by atoms with Crippen molar-refractivity contribution in [1.29, 1.82) is 0 Å². The number of alkyl halides is 3. The van der Waals surface area contributed by atoms with E-state index in [2.05, 4.69) is 15.7 Å². The highest BCUT2D eigenvalue weighted by Crippen LogP contribution is 2.43. The normalized spacial score (nSPS) is 18.1. The Kier molecular flexibility index (Phi) is 5.25. The Morgan fingerprint density at radius 1 is 1.26 bits per heavy atom. The van der Waals surface area contributed by atoms with E-state index in [-0.39, 0.29) is 17.9 Å². The van der Waals surface area contributed by atoms with Gasteiger partial charge in [-0.05, 0) is 24.3 Å². The topological polar surface area (TPSA) is 90.5 Å². The van der Waals surface area contributed by atoms with Gasteiger partial charge in [0.2, 0.25) is 0 Å². The molecule has 164 valence electrons. The Morgan fingerprint density at radius 2 is 2.06 bits per heavy atom. The van der Waals surface area contributed by atoms with Gasteiger partial charge in [0.15, 0.2) is 11.7 Å². The van der Waals surface area contributed by atoms with Gasteiger partial charge in [-0.3, -0.25) is 4.79 Å². The molecule has 0 saturated carbocycles. The number of benzene rings is 1. The molecule has 2 N–H and O–H groups in total. The second-order valence-corrected chi connectivity index (χ2v) is 6.89. The third-order valence-corrected chi connectivity index (χ3v) is 4.97. The molecule has 1 aliphatic heterocycles. The van der Waals surface area contributed by atoms with Gasteiger partial charge >= 0.3 is 6.18 Å². The molecule has 0 aliphatic carbocycles. The molecule has 1 amide bonds. The molecule has 0 saturated heterocycles. The quantitative estimate of drug-likeness (QED) is 0.616. The molecule has 0 unspecified atom stereocenters. The first-order chi connectivity index (χ1) is 14.8. The summed E-state index contributed by atoms with van der Waals surface area (Å²) < 4.78 is 57.5. The van der Waals surface area contributed by atoms with Crippen molar-refractivity contribution in [2.75, 3.05) is 24.9 Å². The molecule has 0 fully saturated rings. The Labute approximate surface area is 174 Å². The largest absolute Gasteiger partial charge is 0.497 e. The summed E-state index contributed by atoms with van der Waals surface area (Å²) in [6, 6.07) is 6.62. The van der Waals surface area contributed by atoms with Gasteiger partial charge in [0.1, 0.15) is 23.1 Å². The van der Waals surface area contributed by atoms with Crippen LogP contribution < -0.4 is 20.1 Å². The maximum Gasteiger partial charge on any atom is 0.410 e. The summed E-state index contributed by atoms with van der Waals surface area (Å²) >= 11 is 0. The van der Waals surface area contributed by atoms with E-state index in [1.165, 1.54) is 26.5 Å². The first-order valence-corrected chi connectivity index (χ1v) is 9.29. The lowest BCUT2D eigenvalue weighted by Gasteiger charge is -2.32. The summed E-state index contributed by atoms with van der Waals surface area (Å²) in [6.45, 7) is 0. The van der Waals surface area contributed by atoms with E-state index in [9.17, 15) is 18.0 Å². The monoisotopic (exact) mass is 436 g/mol. The van der Waals surface area contributed by atoms with Crippen molar-refractivity contribution < 1.29 is 31.9 Å². The minimum absolute atomic E-state index is 0.0711. The fourth-order valence-corrected chi connectivity index (χ4v) is 3.45. The predicted molar refractivity (Wildman–Crippen MR) is 105 cm³/mol. The van der Waals surface area contributed by atoms with Crippen LogP contribution in [0.4, 0.5) is 24.7 Å². The number of aromatic nitrogens is 2. The lowest BCUT2D eigenvalue weighted by molar-refractivity contribution is -0.174. The fraction of sp³-hybridized carbons (Fsp3) is 0.300. The standard InChI is InChI=1S/C20H19F3N4O4/c1-29-11-5-6-12(16(8-11)30-2)25-19(28)14-10-18-24-13(15-4-3-7-31-15)9-17(20(21,22)23)27(18)26-14/h3-8,10,13,17,24H,9H2,1-2H3,(H,25,28)/t13-,17-/m0/s1. The van der Waals surface area contributed by atoms with Crippen molar-refractivity contribution in [1.82, 2.24) is 9.78 Å². The van der Waals surface area contributed by atoms with Gasteiger partial charge in [-0.1, -0.05) is 0 Å². The number of hydrogen-bond acceptors (Lipinski definition) is 6. The molecular weight excluding hydrogens is 417 g/mol. The highest BCUT2D eigenvalue weighted by Gasteiger charge is 2.47. The maximum absolute atomic E-state index is 13.7. The summed E-state index contributed by atoms with van der Waals surface area (Å²) in [4.78, 5) is 12.7. The number of halogens is 3. The van der Waals surface area contributed by atoms with Gasteiger partial charge in [0, 0.05) is 18.6 Å². The number of hydrogen-bond donors (Lipinski definition) is 2. The zero-order valence-electron chi connectivity index (χ0n) is 16.6. The van der Waals surface area contributed by atoms with Crippen LogP contribution in [0, 0.1) is 0 Å². The van der Waals surface area contributed by atoms with Gasteiger partial charge in [-0.25, -0.2) is 4.68 Å². The number of methoxy groups -OCH3 is 2. The minimum Gasteiger partial charge on any atom is -0.497 e. The van der Waals surface area contributed by atoms with Crippen LogP contribution in [-0.4, -0.2) is 36.1 Å². The molecule has 3 heterocycles. The molecule has 2 aromatic heterocycles. The predicted octanol–water partition coefficient (Wildman–Crippen LogP) is 4.41. The van der Waals surface area contributed by atoms with Gasteiger partial charge in [0.25, 0.3) is 5.91 Å². The average Bonchev–Trinajstić information content (AvgIpc) is 3.42. The van der Waals surface area contributed by atoms with E-state index in [1.54, 1.807) is 30.3 Å². The number of carbonyl (C=O) groups excluding carboxylic acids is 1. The van der Waals surface area contributed by atoms with E-state index >= 15 is 0 Å². The number of nitrogens with zero attached hydrogens (tertiary/aromatic N) is 2. The van der Waals surface area contributed by atoms with E-state index < -0.39 is 24.2 Å². The number of anilines is 2. The van der Waals surface area contributed by atoms with Crippen LogP contribution >= 0.6 is 0 Å². The number of fused-ring (bicyclic) bond motifs is 1. The molecule has 1 aromatic carbocycles. The van der Waals surface area contributed by atoms with Crippen LogP contribution in [0.1, 0.15) is 34.8 Å². The second-order valence-electron chi connectivity index (χ2n) is 6.89. The molecule has 0 spiro atoms. The highest BCUT2D eigenvalue weighted by molar-refractivity contribution is 6.04. The van der Waals surface area contributed by atoms with Gasteiger partial charge in [0.05, 0.1) is 32.2 Å². The minimum atomic E-state index is -4.55. The summed E-state index contributed by atoms with van der Waals surface area (Å²) in [7, 11) is 2.91. The van der Waals surface area contributed by atoms with Crippen LogP contribution in [0.5, 0.6) is 11.5 Å². The maximum atomic E-state index is 13.7. The van der Waals surface area contributed by atoms with Crippen LogP contribution in [0.2, 0.25) is 0 Å². The summed E-state index contributed by atoms with van der Waals surface area (Å²) in [5, 5.41) is 9.50. The number of nitrogens with one attached hydrogen (secondary N) is 2. The molecule has 0 radical (unpaired) electrons. The third kappa shape index (κ3) is 4.03. The summed E-state index contributed by atoms with van der Waals surface area (Å²) in [5.41, 5.74) is 0.155. The molecule has 31 heavy (non-hydrogen) atoms. The zero-order chi connectivity index (χ0) is 22.2. The van der Waals surface area contributed by atoms with Crippen LogP contribution in [0.15, 0.2) is 47.1 Å². The Balaban J connectivity index is 1.63. The van der Waals surface area contributed by atoms with Crippen molar-refractivity contribution in [3.8, 4) is 11.5 Å². The van der Waals surface area contributed by atoms with Crippen LogP contribution in [0.3, 0.4) is 0 Å². The van der Waals surface area contributed by atoms with Gasteiger partial charge < -0.3 is 24.5 Å². The number of carbonyl (C=O) groups is 1. The number of rotatable bonds is 5. The first-order valence-electron chi connectivity index (χ1n) is 9.29. The first kappa shape index (κ1) is 20.6. The average molecular weight is 436 g/mol. The number of ether oxygens (including phenoxy) is 2. The van der Waals surface area contributed by atoms with Gasteiger partial charge in [-0.2, -0.15) is 18.3 Å². The highest BCUT2D eigenvalue weighted by atomic mass is 19.4. The van der Waals surface area contributed by atoms with Gasteiger partial charge in [-0.15, -0.1) is 0 Å². The molecule has 1 aliphatic rings. The zero-order valence-corrected chi connectivity index (χ0v) is 16.6. The molecule has 4 rings (SSSR count). The smallest absolute Gasteiger partial charge is 0.410 e. The molecule has 8 nitrogen and oxygen atoms in total. The Morgan fingerprint density at radius 3 is 2.71 bits per heavy atom. The van der Waals surface area contributed by atoms with E-state index in [0.717, 1.165) is 4.68 Å². The van der Waals surface area contributed by atoms with Crippen LogP contribution in [0.25, 0.3) is 0 Å². The van der Waals surface area contributed by atoms with Crippen molar-refractivity contribution >= 4 is 17.4 Å². The van der Waals surface area contributed by atoms with E-state index in [1.807, 2.05) is 0 Å². The molecule has 3 aromatic rings. The van der Waals surface area contributed by atoms with E-state index in [0.29, 0.717) is 22.9 Å². The Hall–Kier alpha value is -3.63. The van der Waals surface area contributed by atoms with Crippen LogP contribution in [-0.2, 0) is 0 Å². The Bertz CT molecular complexity index is 1080. The molecule has 0 bridgehead atoms. The third-order valence-electron chi connectivity index (χ3n) is 4.97. The van der Waals surface area contributed by atoms with E-state index in [4.69, 9.17) is 13.9 Å². The lowest BCUT2D eigenvalue weighted by Crippen LogP contribution is -2.35. The fourth-order valence-electron chi connectivity index (χ4n) is 3.45. The summed E-state index contributed by atoms with van der Waals surface area (Å²) in [5.74, 6) is 0.620. The van der Waals surface area contributed by atoms with Crippen molar-refractivity contribution in [3.05, 3.63) is 54.1 Å². The lowest BCUT2D eigenvalue weighted by atomic mass is 10.0. The SMILES string of the molecule is COc1ccc(NC(=O)c2cc3n(n2)[C@H](C(F)(F)F)C[C@@H](c2ccco2)N3)c(OC)c1. The van der Waals surface area contributed by atoms with Crippen molar-refractivity contribution in [2.24, 2.45) is 0 Å². The number of amides is 1. The molecule has 2 atom stereocenters. The molecule has 11 heteroatoms.